The zero-order valence-corrected chi connectivity index (χ0v) is 8.47. The first kappa shape index (κ1) is 11.0. The molecule has 0 fully saturated rings. The van der Waals surface area contributed by atoms with E-state index in [2.05, 4.69) is 0 Å². The standard InChI is InChI=1S/C4H11O3PS2/c1-3-9-6-8(5)7-10-4-2/h5H,3-4H2,1-2H3. The molecule has 0 heterocycles. The van der Waals surface area contributed by atoms with Crippen LogP contribution in [0.25, 0.3) is 0 Å². The average molecular weight is 202 g/mol. The first-order valence-electron chi connectivity index (χ1n) is 2.89. The summed E-state index contributed by atoms with van der Waals surface area (Å²) in [4.78, 5) is 8.89. The van der Waals surface area contributed by atoms with Crippen LogP contribution in [-0.2, 0) is 7.94 Å². The van der Waals surface area contributed by atoms with Gasteiger partial charge in [0, 0.05) is 35.6 Å². The maximum Gasteiger partial charge on any atom is 0.354 e. The van der Waals surface area contributed by atoms with Crippen molar-refractivity contribution < 1.29 is 12.8 Å². The third-order valence-corrected chi connectivity index (χ3v) is 2.80. The van der Waals surface area contributed by atoms with Crippen molar-refractivity contribution in [3.63, 3.8) is 0 Å². The van der Waals surface area contributed by atoms with Crippen molar-refractivity contribution in [2.75, 3.05) is 11.5 Å². The second-order valence-electron chi connectivity index (χ2n) is 1.20. The summed E-state index contributed by atoms with van der Waals surface area (Å²) in [5.74, 6) is 1.64. The van der Waals surface area contributed by atoms with Gasteiger partial charge in [0.1, 0.15) is 0 Å². The molecular formula is C4H11O3PS2. The van der Waals surface area contributed by atoms with Crippen LogP contribution >= 0.6 is 32.7 Å². The van der Waals surface area contributed by atoms with Gasteiger partial charge < -0.3 is 4.89 Å². The van der Waals surface area contributed by atoms with E-state index in [9.17, 15) is 0 Å². The summed E-state index contributed by atoms with van der Waals surface area (Å²) in [5, 5.41) is 0. The van der Waals surface area contributed by atoms with Crippen LogP contribution < -0.4 is 0 Å². The van der Waals surface area contributed by atoms with E-state index in [0.717, 1.165) is 11.5 Å². The highest BCUT2D eigenvalue weighted by Crippen LogP contribution is 2.41. The van der Waals surface area contributed by atoms with Crippen LogP contribution in [-0.4, -0.2) is 16.4 Å². The van der Waals surface area contributed by atoms with Crippen molar-refractivity contribution in [1.82, 2.24) is 0 Å². The fourth-order valence-electron chi connectivity index (χ4n) is 0.208. The summed E-state index contributed by atoms with van der Waals surface area (Å²) in [6.07, 6.45) is 0. The van der Waals surface area contributed by atoms with E-state index in [1.54, 1.807) is 0 Å². The maximum absolute atomic E-state index is 8.89. The van der Waals surface area contributed by atoms with Gasteiger partial charge in [0.15, 0.2) is 0 Å². The van der Waals surface area contributed by atoms with Crippen molar-refractivity contribution in [2.24, 2.45) is 0 Å². The van der Waals surface area contributed by atoms with E-state index in [1.807, 2.05) is 13.8 Å². The van der Waals surface area contributed by atoms with Gasteiger partial charge in [-0.15, -0.1) is 0 Å². The van der Waals surface area contributed by atoms with Gasteiger partial charge in [-0.1, -0.05) is 13.8 Å². The highest BCUT2D eigenvalue weighted by molar-refractivity contribution is 8.00. The lowest BCUT2D eigenvalue weighted by atomic mass is 11.0. The van der Waals surface area contributed by atoms with Crippen molar-refractivity contribution in [2.45, 2.75) is 13.8 Å². The fourth-order valence-corrected chi connectivity index (χ4v) is 2.10. The Morgan fingerprint density at radius 3 is 1.90 bits per heavy atom. The summed E-state index contributed by atoms with van der Waals surface area (Å²) >= 11 is 2.41. The number of hydrogen-bond donors (Lipinski definition) is 1. The molecular weight excluding hydrogens is 191 g/mol. The first-order valence-corrected chi connectivity index (χ1v) is 5.84. The second-order valence-corrected chi connectivity index (χ2v) is 4.49. The summed E-state index contributed by atoms with van der Waals surface area (Å²) < 4.78 is 9.57. The predicted octanol–water partition coefficient (Wildman–Crippen LogP) is 2.58. The van der Waals surface area contributed by atoms with Gasteiger partial charge in [0.2, 0.25) is 0 Å². The second kappa shape index (κ2) is 8.11. The Balaban J connectivity index is 3.00. The Hall–Kier alpha value is 1.01. The van der Waals surface area contributed by atoms with Gasteiger partial charge in [-0.2, -0.15) is 0 Å². The molecule has 0 aliphatic heterocycles. The van der Waals surface area contributed by atoms with Gasteiger partial charge in [0.05, 0.1) is 0 Å². The normalized spacial score (nSPS) is 10.8. The fraction of sp³-hybridized carbons (Fsp3) is 1.00. The van der Waals surface area contributed by atoms with Crippen LogP contribution in [0.15, 0.2) is 0 Å². The van der Waals surface area contributed by atoms with E-state index in [1.165, 1.54) is 24.1 Å². The Labute approximate surface area is 71.3 Å². The van der Waals surface area contributed by atoms with Crippen LogP contribution in [0.3, 0.4) is 0 Å². The maximum atomic E-state index is 8.89. The predicted molar refractivity (Wildman–Crippen MR) is 47.6 cm³/mol. The minimum atomic E-state index is -1.67. The van der Waals surface area contributed by atoms with E-state index in [0.29, 0.717) is 0 Å². The monoisotopic (exact) mass is 202 g/mol. The molecule has 0 aromatic heterocycles. The molecule has 0 spiro atoms. The van der Waals surface area contributed by atoms with Crippen LogP contribution in [0.5, 0.6) is 0 Å². The lowest BCUT2D eigenvalue weighted by molar-refractivity contribution is 0.430. The zero-order valence-electron chi connectivity index (χ0n) is 5.94. The molecule has 0 saturated carbocycles. The third kappa shape index (κ3) is 7.12. The average Bonchev–Trinajstić information content (AvgIpc) is 1.97. The smallest absolute Gasteiger partial charge is 0.327 e. The van der Waals surface area contributed by atoms with Crippen molar-refractivity contribution in [3.05, 3.63) is 0 Å². The SMILES string of the molecule is CCSOP(O)OSCC. The minimum Gasteiger partial charge on any atom is -0.327 e. The Kier molecular flexibility index (Phi) is 8.93. The molecule has 0 rings (SSSR count). The lowest BCUT2D eigenvalue weighted by Gasteiger charge is -2.05. The van der Waals surface area contributed by atoms with Crippen LogP contribution in [0.1, 0.15) is 13.8 Å². The summed E-state index contributed by atoms with van der Waals surface area (Å²) in [7, 11) is -1.67. The van der Waals surface area contributed by atoms with Crippen molar-refractivity contribution in [1.29, 1.82) is 0 Å². The zero-order chi connectivity index (χ0) is 7.82. The molecule has 1 N–H and O–H groups in total. The molecule has 0 aliphatic carbocycles. The van der Waals surface area contributed by atoms with Crippen LogP contribution in [0.4, 0.5) is 0 Å². The molecule has 0 aromatic carbocycles. The van der Waals surface area contributed by atoms with Crippen LogP contribution in [0.2, 0.25) is 0 Å². The quantitative estimate of drug-likeness (QED) is 0.529. The molecule has 0 unspecified atom stereocenters. The topological polar surface area (TPSA) is 38.7 Å². The van der Waals surface area contributed by atoms with Gasteiger partial charge in [-0.05, 0) is 0 Å². The molecule has 62 valence electrons. The molecule has 3 nitrogen and oxygen atoms in total. The lowest BCUT2D eigenvalue weighted by Crippen LogP contribution is -1.77. The third-order valence-electron chi connectivity index (χ3n) is 0.469. The Bertz CT molecular complexity index is 67.5. The summed E-state index contributed by atoms with van der Waals surface area (Å²) in [6.45, 7) is 3.89. The molecule has 10 heavy (non-hydrogen) atoms. The van der Waals surface area contributed by atoms with Gasteiger partial charge in [-0.25, -0.2) is 7.94 Å². The van der Waals surface area contributed by atoms with Crippen molar-refractivity contribution in [3.8, 4) is 0 Å². The van der Waals surface area contributed by atoms with E-state index < -0.39 is 8.60 Å². The molecule has 0 aromatic rings. The van der Waals surface area contributed by atoms with Gasteiger partial charge >= 0.3 is 8.60 Å². The minimum absolute atomic E-state index is 0.819. The van der Waals surface area contributed by atoms with E-state index >= 15 is 0 Å². The molecule has 0 radical (unpaired) electrons. The largest absolute Gasteiger partial charge is 0.354 e. The Morgan fingerprint density at radius 2 is 1.60 bits per heavy atom. The molecule has 0 saturated heterocycles. The molecule has 0 aliphatic rings. The molecule has 6 heteroatoms. The highest BCUT2D eigenvalue weighted by Gasteiger charge is 2.05. The molecule has 0 atom stereocenters. The summed E-state index contributed by atoms with van der Waals surface area (Å²) in [6, 6.07) is 0. The van der Waals surface area contributed by atoms with Gasteiger partial charge in [-0.3, -0.25) is 0 Å². The first-order chi connectivity index (χ1) is 4.81. The highest BCUT2D eigenvalue weighted by atomic mass is 32.2. The molecule has 0 amide bonds. The summed E-state index contributed by atoms with van der Waals surface area (Å²) in [5.41, 5.74) is 0. The van der Waals surface area contributed by atoms with Crippen molar-refractivity contribution >= 4 is 32.7 Å². The number of rotatable bonds is 6. The van der Waals surface area contributed by atoms with Gasteiger partial charge in [0.25, 0.3) is 0 Å². The van der Waals surface area contributed by atoms with Crippen LogP contribution in [0, 0.1) is 0 Å². The van der Waals surface area contributed by atoms with E-state index in [4.69, 9.17) is 12.8 Å². The Morgan fingerprint density at radius 1 is 1.20 bits per heavy atom. The van der Waals surface area contributed by atoms with E-state index in [-0.39, 0.29) is 0 Å². The number of hydrogen-bond acceptors (Lipinski definition) is 5. The molecule has 0 bridgehead atoms.